The second-order valence-electron chi connectivity index (χ2n) is 3.93. The zero-order valence-electron chi connectivity index (χ0n) is 9.63. The van der Waals surface area contributed by atoms with E-state index in [1.807, 2.05) is 12.1 Å². The molecule has 0 heterocycles. The molecule has 0 aromatic heterocycles. The largest absolute Gasteiger partial charge is 0.329 e. The summed E-state index contributed by atoms with van der Waals surface area (Å²) in [5, 5.41) is 4.75. The van der Waals surface area contributed by atoms with Crippen LogP contribution in [0.15, 0.2) is 18.2 Å². The van der Waals surface area contributed by atoms with Crippen LogP contribution in [0.4, 0.5) is 0 Å². The van der Waals surface area contributed by atoms with Gasteiger partial charge in [0.15, 0.2) is 0 Å². The van der Waals surface area contributed by atoms with Gasteiger partial charge in [0.1, 0.15) is 0 Å². The predicted molar refractivity (Wildman–Crippen MR) is 71.1 cm³/mol. The Bertz CT molecular complexity index is 342. The van der Waals surface area contributed by atoms with Gasteiger partial charge >= 0.3 is 0 Å². The number of halogens is 2. The van der Waals surface area contributed by atoms with E-state index >= 15 is 0 Å². The Kier molecular flexibility index (Phi) is 5.56. The third-order valence-corrected chi connectivity index (χ3v) is 3.23. The second kappa shape index (κ2) is 6.45. The zero-order valence-corrected chi connectivity index (χ0v) is 11.1. The first-order chi connectivity index (χ1) is 7.58. The number of benzene rings is 1. The molecule has 90 valence electrons. The van der Waals surface area contributed by atoms with Crippen LogP contribution in [0.25, 0.3) is 0 Å². The predicted octanol–water partition coefficient (Wildman–Crippen LogP) is 3.38. The van der Waals surface area contributed by atoms with Crippen molar-refractivity contribution in [1.29, 1.82) is 0 Å². The first kappa shape index (κ1) is 13.8. The number of rotatable bonds is 5. The first-order valence-corrected chi connectivity index (χ1v) is 6.25. The van der Waals surface area contributed by atoms with Crippen molar-refractivity contribution in [2.45, 2.75) is 32.4 Å². The molecule has 0 fully saturated rings. The molecular formula is C12H18Cl2N2. The maximum Gasteiger partial charge on any atom is 0.0469 e. The van der Waals surface area contributed by atoms with Crippen LogP contribution in [0.3, 0.4) is 0 Å². The van der Waals surface area contributed by atoms with Gasteiger partial charge in [0.05, 0.1) is 0 Å². The van der Waals surface area contributed by atoms with Crippen molar-refractivity contribution < 1.29 is 0 Å². The van der Waals surface area contributed by atoms with E-state index in [-0.39, 0.29) is 6.04 Å². The maximum absolute atomic E-state index is 6.15. The molecule has 4 heteroatoms. The second-order valence-corrected chi connectivity index (χ2v) is 4.77. The highest BCUT2D eigenvalue weighted by Crippen LogP contribution is 2.26. The molecule has 16 heavy (non-hydrogen) atoms. The Morgan fingerprint density at radius 3 is 2.56 bits per heavy atom. The molecule has 2 atom stereocenters. The lowest BCUT2D eigenvalue weighted by atomic mass is 10.1. The van der Waals surface area contributed by atoms with Gasteiger partial charge in [-0.2, -0.15) is 0 Å². The molecule has 0 amide bonds. The van der Waals surface area contributed by atoms with Crippen LogP contribution in [0.1, 0.15) is 31.9 Å². The molecule has 0 aliphatic carbocycles. The highest BCUT2D eigenvalue weighted by molar-refractivity contribution is 6.35. The standard InChI is InChI=1S/C12H18Cl2N2/c1-3-8(2)16-12(7-15)10-5-4-9(13)6-11(10)14/h4-6,8,12,16H,3,7,15H2,1-2H3. The van der Waals surface area contributed by atoms with Crippen molar-refractivity contribution in [3.8, 4) is 0 Å². The molecule has 0 aliphatic heterocycles. The number of hydrogen-bond acceptors (Lipinski definition) is 2. The fraction of sp³-hybridized carbons (Fsp3) is 0.500. The van der Waals surface area contributed by atoms with Crippen LogP contribution < -0.4 is 11.1 Å². The molecule has 1 aromatic carbocycles. The third kappa shape index (κ3) is 3.63. The van der Waals surface area contributed by atoms with E-state index in [0.29, 0.717) is 22.6 Å². The van der Waals surface area contributed by atoms with E-state index in [4.69, 9.17) is 28.9 Å². The quantitative estimate of drug-likeness (QED) is 0.852. The van der Waals surface area contributed by atoms with Crippen LogP contribution in [-0.2, 0) is 0 Å². The van der Waals surface area contributed by atoms with E-state index in [0.717, 1.165) is 12.0 Å². The lowest BCUT2D eigenvalue weighted by molar-refractivity contribution is 0.452. The monoisotopic (exact) mass is 260 g/mol. The van der Waals surface area contributed by atoms with Gasteiger partial charge in [-0.25, -0.2) is 0 Å². The number of nitrogens with one attached hydrogen (secondary N) is 1. The first-order valence-electron chi connectivity index (χ1n) is 5.49. The minimum atomic E-state index is 0.0831. The Labute approximate surface area is 107 Å². The van der Waals surface area contributed by atoms with Crippen LogP contribution in [0.2, 0.25) is 10.0 Å². The van der Waals surface area contributed by atoms with Crippen molar-refractivity contribution >= 4 is 23.2 Å². The van der Waals surface area contributed by atoms with Crippen molar-refractivity contribution in [1.82, 2.24) is 5.32 Å². The van der Waals surface area contributed by atoms with Gasteiger partial charge in [-0.3, -0.25) is 0 Å². The topological polar surface area (TPSA) is 38.0 Å². The molecule has 2 unspecified atom stereocenters. The number of nitrogens with two attached hydrogens (primary N) is 1. The molecule has 0 spiro atoms. The fourth-order valence-corrected chi connectivity index (χ4v) is 2.07. The van der Waals surface area contributed by atoms with Gasteiger partial charge in [-0.1, -0.05) is 36.2 Å². The minimum absolute atomic E-state index is 0.0831. The summed E-state index contributed by atoms with van der Waals surface area (Å²) in [5.41, 5.74) is 6.77. The van der Waals surface area contributed by atoms with Gasteiger partial charge in [0, 0.05) is 28.7 Å². The smallest absolute Gasteiger partial charge is 0.0469 e. The van der Waals surface area contributed by atoms with E-state index in [1.54, 1.807) is 6.07 Å². The van der Waals surface area contributed by atoms with E-state index in [2.05, 4.69) is 19.2 Å². The van der Waals surface area contributed by atoms with Gasteiger partial charge in [-0.05, 0) is 31.0 Å². The molecular weight excluding hydrogens is 243 g/mol. The average Bonchev–Trinajstić information content (AvgIpc) is 2.26. The normalized spacial score (nSPS) is 14.8. The Hall–Kier alpha value is -0.280. The summed E-state index contributed by atoms with van der Waals surface area (Å²) < 4.78 is 0. The van der Waals surface area contributed by atoms with Crippen LogP contribution in [0, 0.1) is 0 Å². The fourth-order valence-electron chi connectivity index (χ4n) is 1.53. The van der Waals surface area contributed by atoms with Crippen LogP contribution in [-0.4, -0.2) is 12.6 Å². The van der Waals surface area contributed by atoms with Crippen LogP contribution >= 0.6 is 23.2 Å². The lowest BCUT2D eigenvalue weighted by Gasteiger charge is -2.22. The Balaban J connectivity index is 2.86. The molecule has 3 N–H and O–H groups in total. The zero-order chi connectivity index (χ0) is 12.1. The summed E-state index contributed by atoms with van der Waals surface area (Å²) in [5.74, 6) is 0. The summed E-state index contributed by atoms with van der Waals surface area (Å²) in [6.45, 7) is 4.78. The van der Waals surface area contributed by atoms with Crippen molar-refractivity contribution in [2.75, 3.05) is 6.54 Å². The molecule has 0 saturated heterocycles. The summed E-state index contributed by atoms with van der Waals surface area (Å²) >= 11 is 12.0. The Morgan fingerprint density at radius 2 is 2.06 bits per heavy atom. The van der Waals surface area contributed by atoms with E-state index in [1.165, 1.54) is 0 Å². The molecule has 2 nitrogen and oxygen atoms in total. The highest BCUT2D eigenvalue weighted by Gasteiger charge is 2.14. The van der Waals surface area contributed by atoms with Crippen molar-refractivity contribution in [2.24, 2.45) is 5.73 Å². The highest BCUT2D eigenvalue weighted by atomic mass is 35.5. The summed E-state index contributed by atoms with van der Waals surface area (Å²) in [7, 11) is 0. The summed E-state index contributed by atoms with van der Waals surface area (Å²) in [4.78, 5) is 0. The number of hydrogen-bond donors (Lipinski definition) is 2. The summed E-state index contributed by atoms with van der Waals surface area (Å²) in [6.07, 6.45) is 1.06. The van der Waals surface area contributed by atoms with E-state index < -0.39 is 0 Å². The third-order valence-electron chi connectivity index (χ3n) is 2.67. The Morgan fingerprint density at radius 1 is 1.38 bits per heavy atom. The SMILES string of the molecule is CCC(C)NC(CN)c1ccc(Cl)cc1Cl. The average molecular weight is 261 g/mol. The lowest BCUT2D eigenvalue weighted by Crippen LogP contribution is -2.34. The molecule has 1 rings (SSSR count). The van der Waals surface area contributed by atoms with Gasteiger partial charge in [0.2, 0.25) is 0 Å². The molecule has 1 aromatic rings. The molecule has 0 aliphatic rings. The summed E-state index contributed by atoms with van der Waals surface area (Å²) in [6, 6.07) is 6.01. The molecule has 0 bridgehead atoms. The van der Waals surface area contributed by atoms with Crippen molar-refractivity contribution in [3.05, 3.63) is 33.8 Å². The van der Waals surface area contributed by atoms with Crippen molar-refractivity contribution in [3.63, 3.8) is 0 Å². The van der Waals surface area contributed by atoms with Gasteiger partial charge in [0.25, 0.3) is 0 Å². The van der Waals surface area contributed by atoms with Crippen LogP contribution in [0.5, 0.6) is 0 Å². The molecule has 0 saturated carbocycles. The minimum Gasteiger partial charge on any atom is -0.329 e. The van der Waals surface area contributed by atoms with Gasteiger partial charge in [-0.15, -0.1) is 0 Å². The maximum atomic E-state index is 6.15. The van der Waals surface area contributed by atoms with E-state index in [9.17, 15) is 0 Å². The van der Waals surface area contributed by atoms with Gasteiger partial charge < -0.3 is 11.1 Å². The molecule has 0 radical (unpaired) electrons.